The highest BCUT2D eigenvalue weighted by Gasteiger charge is 2.39. The van der Waals surface area contributed by atoms with Crippen molar-refractivity contribution >= 4 is 50.3 Å². The second-order valence-electron chi connectivity index (χ2n) is 13.6. The van der Waals surface area contributed by atoms with Crippen LogP contribution in [0.25, 0.3) is 72.0 Å². The van der Waals surface area contributed by atoms with Crippen molar-refractivity contribution in [2.45, 2.75) is 4.90 Å². The highest BCUT2D eigenvalue weighted by atomic mass is 32.2. The summed E-state index contributed by atoms with van der Waals surface area (Å²) in [7, 11) is 0. The van der Waals surface area contributed by atoms with E-state index in [4.69, 9.17) is 4.74 Å². The molecule has 0 atom stereocenters. The molecule has 0 aliphatic carbocycles. The minimum atomic E-state index is 0.105. The zero-order chi connectivity index (χ0) is 34.2. The van der Waals surface area contributed by atoms with E-state index in [1.54, 1.807) is 0 Å². The number of aromatic nitrogens is 1. The number of benzene rings is 8. The van der Waals surface area contributed by atoms with Gasteiger partial charge in [0.05, 0.1) is 16.7 Å². The third-order valence-electron chi connectivity index (χ3n) is 10.7. The van der Waals surface area contributed by atoms with Crippen molar-refractivity contribution in [3.63, 3.8) is 0 Å². The van der Waals surface area contributed by atoms with E-state index in [1.807, 2.05) is 11.6 Å². The average Bonchev–Trinajstić information content (AvgIpc) is 3.55. The van der Waals surface area contributed by atoms with Crippen LogP contribution < -0.4 is 15.7 Å². The van der Waals surface area contributed by atoms with Crippen LogP contribution in [0.15, 0.2) is 187 Å². The van der Waals surface area contributed by atoms with E-state index in [-0.39, 0.29) is 5.99 Å². The summed E-state index contributed by atoms with van der Waals surface area (Å²) in [6.45, 7) is 0. The third-order valence-corrected chi connectivity index (χ3v) is 12.0. The van der Waals surface area contributed by atoms with Crippen molar-refractivity contribution in [3.05, 3.63) is 182 Å². The number of hydrogen-bond donors (Lipinski definition) is 0. The Hall–Kier alpha value is -6.23. The molecule has 0 spiro atoms. The Morgan fingerprint density at radius 2 is 1.08 bits per heavy atom. The van der Waals surface area contributed by atoms with Gasteiger partial charge in [0.25, 0.3) is 5.99 Å². The molecule has 2 aliphatic heterocycles. The molecule has 11 rings (SSSR count). The van der Waals surface area contributed by atoms with E-state index in [2.05, 4.69) is 187 Å². The van der Waals surface area contributed by atoms with Crippen molar-refractivity contribution in [1.29, 1.82) is 0 Å². The minimum absolute atomic E-state index is 0.105. The molecule has 0 radical (unpaired) electrons. The Kier molecular flexibility index (Phi) is 6.62. The van der Waals surface area contributed by atoms with Gasteiger partial charge >= 0.3 is 0 Å². The van der Waals surface area contributed by atoms with Gasteiger partial charge in [0.1, 0.15) is 11.5 Å². The Labute approximate surface area is 307 Å². The lowest BCUT2D eigenvalue weighted by Gasteiger charge is -2.33. The lowest BCUT2D eigenvalue weighted by molar-refractivity contribution is 0.488. The predicted molar refractivity (Wildman–Crippen MR) is 220 cm³/mol. The summed E-state index contributed by atoms with van der Waals surface area (Å²) in [4.78, 5) is 1.30. The van der Waals surface area contributed by atoms with Crippen LogP contribution in [0.3, 0.4) is 0 Å². The molecule has 0 bridgehead atoms. The fraction of sp³-hybridized carbons (Fsp3) is 0. The van der Waals surface area contributed by atoms with E-state index < -0.39 is 0 Å². The highest BCUT2D eigenvalue weighted by molar-refractivity contribution is 8.28. The molecule has 9 aromatic rings. The smallest absolute Gasteiger partial charge is 0.289 e. The Balaban J connectivity index is 1.06. The molecule has 0 saturated heterocycles. The minimum Gasteiger partial charge on any atom is -0.458 e. The van der Waals surface area contributed by atoms with Crippen molar-refractivity contribution in [1.82, 2.24) is 4.57 Å². The predicted octanol–water partition coefficient (Wildman–Crippen LogP) is 11.8. The maximum atomic E-state index is 6.91. The first-order chi connectivity index (χ1) is 25.8. The molecule has 2 aliphatic rings. The number of ether oxygens (including phenoxy) is 1. The molecule has 0 N–H and O–H groups in total. The Morgan fingerprint density at radius 1 is 0.423 bits per heavy atom. The summed E-state index contributed by atoms with van der Waals surface area (Å²) in [5.41, 5.74) is 15.7. The van der Waals surface area contributed by atoms with Gasteiger partial charge in [-0.1, -0.05) is 133 Å². The number of fused-ring (bicyclic) bond motifs is 7. The second-order valence-corrected chi connectivity index (χ2v) is 14.8. The van der Waals surface area contributed by atoms with Crippen LogP contribution in [-0.4, -0.2) is 10.6 Å². The second kappa shape index (κ2) is 11.7. The summed E-state index contributed by atoms with van der Waals surface area (Å²) < 4.78 is 9.33. The maximum absolute atomic E-state index is 6.91. The fourth-order valence-corrected chi connectivity index (χ4v) is 9.69. The number of nitrogens with zero attached hydrogens (tertiary/aromatic N) is 1. The largest absolute Gasteiger partial charge is 0.458 e. The molecule has 0 fully saturated rings. The van der Waals surface area contributed by atoms with Gasteiger partial charge in [-0.15, -0.1) is 0 Å². The van der Waals surface area contributed by atoms with Crippen LogP contribution in [0.5, 0.6) is 11.5 Å². The summed E-state index contributed by atoms with van der Waals surface area (Å²) in [5.74, 6) is 1.97. The maximum Gasteiger partial charge on any atom is 0.289 e. The molecule has 1 aromatic heterocycles. The van der Waals surface area contributed by atoms with Crippen molar-refractivity contribution < 1.29 is 4.74 Å². The molecule has 2 nitrogen and oxygen atoms in total. The first-order valence-corrected chi connectivity index (χ1v) is 18.7. The molecular weight excluding hydrogens is 649 g/mol. The molecule has 242 valence electrons. The quantitative estimate of drug-likeness (QED) is 0.172. The van der Waals surface area contributed by atoms with Gasteiger partial charge in [-0.3, -0.25) is 0 Å². The van der Waals surface area contributed by atoms with E-state index in [9.17, 15) is 0 Å². The number of para-hydroxylation sites is 3. The molecule has 0 saturated carbocycles. The van der Waals surface area contributed by atoms with Gasteiger partial charge < -0.3 is 9.30 Å². The molecule has 3 heterocycles. The van der Waals surface area contributed by atoms with E-state index in [0.29, 0.717) is 0 Å². The zero-order valence-electron chi connectivity index (χ0n) is 28.2. The Bertz CT molecular complexity index is 2820. The molecule has 4 heteroatoms. The van der Waals surface area contributed by atoms with Gasteiger partial charge in [0.2, 0.25) is 0 Å². The average molecular weight is 680 g/mol. The number of rotatable bonds is 4. The van der Waals surface area contributed by atoms with Gasteiger partial charge in [0, 0.05) is 21.2 Å². The highest BCUT2D eigenvalue weighted by Crippen LogP contribution is 2.46. The molecular formula is C48H30BNOS. The summed E-state index contributed by atoms with van der Waals surface area (Å²) in [6.07, 6.45) is 0. The van der Waals surface area contributed by atoms with Crippen LogP contribution in [0, 0.1) is 0 Å². The summed E-state index contributed by atoms with van der Waals surface area (Å²) in [6, 6.07) is 65.9. The van der Waals surface area contributed by atoms with Crippen LogP contribution in [-0.2, 0) is 0 Å². The van der Waals surface area contributed by atoms with E-state index in [1.165, 1.54) is 82.3 Å². The van der Waals surface area contributed by atoms with E-state index in [0.717, 1.165) is 17.1 Å². The fourth-order valence-electron chi connectivity index (χ4n) is 8.30. The van der Waals surface area contributed by atoms with Gasteiger partial charge in [-0.05, 0) is 98.4 Å². The summed E-state index contributed by atoms with van der Waals surface area (Å²) in [5, 5.41) is 2.53. The van der Waals surface area contributed by atoms with Crippen LogP contribution in [0.4, 0.5) is 0 Å². The molecule has 52 heavy (non-hydrogen) atoms. The van der Waals surface area contributed by atoms with Crippen LogP contribution >= 0.6 is 11.6 Å². The summed E-state index contributed by atoms with van der Waals surface area (Å²) >= 11 is 1.93. The van der Waals surface area contributed by atoms with Crippen molar-refractivity contribution in [3.8, 4) is 61.7 Å². The lowest BCUT2D eigenvalue weighted by Crippen LogP contribution is -2.46. The lowest BCUT2D eigenvalue weighted by atomic mass is 9.57. The first kappa shape index (κ1) is 29.5. The van der Waals surface area contributed by atoms with E-state index >= 15 is 0 Å². The standard InChI is InChI=1S/C48H30BNOS/c1-2-13-31(14-3-1)32-15-12-16-33(27-32)35-28-40-39-20-7-11-24-47(39)52-49-41-29-34(25-26-45(41)51-46(30-35)48(40)49)36-17-4-8-21-42(36)50-43-22-9-5-18-37(43)38-19-6-10-23-44(38)50/h1-30H. The number of hydrogen-bond acceptors (Lipinski definition) is 2. The molecule has 8 aromatic carbocycles. The van der Waals surface area contributed by atoms with Crippen molar-refractivity contribution in [2.24, 2.45) is 0 Å². The SMILES string of the molecule is c1ccc(-c2cccc(-c3cc4c5c(c3)-c3ccccc3SB5c3cc(-c5ccccc5-n5c6ccccc6c6ccccc65)ccc3O4)c2)cc1. The normalized spacial score (nSPS) is 12.7. The van der Waals surface area contributed by atoms with Crippen molar-refractivity contribution in [2.75, 3.05) is 0 Å². The topological polar surface area (TPSA) is 14.2 Å². The van der Waals surface area contributed by atoms with Gasteiger partial charge in [-0.2, -0.15) is 11.6 Å². The van der Waals surface area contributed by atoms with Crippen LogP contribution in [0.2, 0.25) is 0 Å². The van der Waals surface area contributed by atoms with Gasteiger partial charge in [-0.25, -0.2) is 0 Å². The van der Waals surface area contributed by atoms with Gasteiger partial charge in [0.15, 0.2) is 0 Å². The first-order valence-electron chi connectivity index (χ1n) is 17.8. The third kappa shape index (κ3) is 4.54. The zero-order valence-corrected chi connectivity index (χ0v) is 29.0. The molecule has 0 amide bonds. The monoisotopic (exact) mass is 679 g/mol. The molecule has 0 unspecified atom stereocenters. The Morgan fingerprint density at radius 3 is 1.88 bits per heavy atom. The van der Waals surface area contributed by atoms with Crippen LogP contribution in [0.1, 0.15) is 0 Å².